The summed E-state index contributed by atoms with van der Waals surface area (Å²) in [6.07, 6.45) is 3.57. The first-order valence-corrected chi connectivity index (χ1v) is 6.75. The molecule has 1 amide bonds. The fourth-order valence-electron chi connectivity index (χ4n) is 1.84. The van der Waals surface area contributed by atoms with E-state index >= 15 is 0 Å². The molecule has 1 aromatic carbocycles. The van der Waals surface area contributed by atoms with E-state index in [1.165, 1.54) is 5.56 Å². The van der Waals surface area contributed by atoms with Gasteiger partial charge in [-0.3, -0.25) is 4.79 Å². The summed E-state index contributed by atoms with van der Waals surface area (Å²) in [6.45, 7) is 5.96. The number of nitrogens with one attached hydrogen (secondary N) is 2. The van der Waals surface area contributed by atoms with Gasteiger partial charge < -0.3 is 15.2 Å². The van der Waals surface area contributed by atoms with Crippen LogP contribution in [0.5, 0.6) is 0 Å². The maximum Gasteiger partial charge on any atom is 0.244 e. The number of carbonyl (C=O) groups is 1. The zero-order valence-electron chi connectivity index (χ0n) is 11.9. The lowest BCUT2D eigenvalue weighted by Gasteiger charge is -2.06. The van der Waals surface area contributed by atoms with Crippen LogP contribution < -0.4 is 10.6 Å². The largest absolute Gasteiger partial charge is 0.328 e. The van der Waals surface area contributed by atoms with Crippen LogP contribution >= 0.6 is 0 Å². The normalized spacial score (nSPS) is 10.5. The molecule has 0 saturated carbocycles. The number of nitrogens with zero attached hydrogens (tertiary/aromatic N) is 2. The van der Waals surface area contributed by atoms with E-state index in [0.29, 0.717) is 0 Å². The molecule has 0 unspecified atom stereocenters. The molecule has 20 heavy (non-hydrogen) atoms. The van der Waals surface area contributed by atoms with Gasteiger partial charge in [0, 0.05) is 18.4 Å². The number of imidazole rings is 1. The number of amides is 1. The average Bonchev–Trinajstić information content (AvgIpc) is 2.86. The van der Waals surface area contributed by atoms with Crippen molar-refractivity contribution in [2.75, 3.05) is 11.9 Å². The third kappa shape index (κ3) is 4.20. The van der Waals surface area contributed by atoms with Gasteiger partial charge >= 0.3 is 0 Å². The highest BCUT2D eigenvalue weighted by atomic mass is 16.1. The first-order valence-electron chi connectivity index (χ1n) is 6.75. The lowest BCUT2D eigenvalue weighted by molar-refractivity contribution is -0.116. The van der Waals surface area contributed by atoms with Crippen molar-refractivity contribution in [2.45, 2.75) is 26.9 Å². The lowest BCUT2D eigenvalue weighted by Crippen LogP contribution is -2.18. The summed E-state index contributed by atoms with van der Waals surface area (Å²) in [6, 6.07) is 7.75. The molecule has 1 heterocycles. The zero-order chi connectivity index (χ0) is 14.4. The van der Waals surface area contributed by atoms with E-state index in [4.69, 9.17) is 0 Å². The van der Waals surface area contributed by atoms with Gasteiger partial charge in [-0.25, -0.2) is 4.98 Å². The van der Waals surface area contributed by atoms with E-state index in [9.17, 15) is 4.79 Å². The van der Waals surface area contributed by atoms with Crippen molar-refractivity contribution in [2.24, 2.45) is 0 Å². The van der Waals surface area contributed by atoms with Gasteiger partial charge in [0.25, 0.3) is 0 Å². The van der Waals surface area contributed by atoms with E-state index in [0.717, 1.165) is 24.5 Å². The predicted molar refractivity (Wildman–Crippen MR) is 79.4 cm³/mol. The molecule has 0 radical (unpaired) electrons. The standard InChI is InChI=1S/C15H20N4O/c1-3-16-8-14-9-19(11-17-14)10-15(20)18-13-6-4-12(2)5-7-13/h4-7,9,11,16H,3,8,10H2,1-2H3,(H,18,20). The number of carbonyl (C=O) groups excluding carboxylic acids is 1. The van der Waals surface area contributed by atoms with Crippen LogP contribution in [0.25, 0.3) is 0 Å². The van der Waals surface area contributed by atoms with Gasteiger partial charge in [0.2, 0.25) is 5.91 Å². The first kappa shape index (κ1) is 14.3. The molecule has 0 aliphatic rings. The lowest BCUT2D eigenvalue weighted by atomic mass is 10.2. The van der Waals surface area contributed by atoms with Gasteiger partial charge in [-0.1, -0.05) is 24.6 Å². The molecule has 0 bridgehead atoms. The number of hydrogen-bond donors (Lipinski definition) is 2. The summed E-state index contributed by atoms with van der Waals surface area (Å²) >= 11 is 0. The Morgan fingerprint density at radius 3 is 2.75 bits per heavy atom. The smallest absolute Gasteiger partial charge is 0.244 e. The topological polar surface area (TPSA) is 59.0 Å². The van der Waals surface area contributed by atoms with Crippen LogP contribution in [0.4, 0.5) is 5.69 Å². The van der Waals surface area contributed by atoms with E-state index in [-0.39, 0.29) is 12.5 Å². The Hall–Kier alpha value is -2.14. The highest BCUT2D eigenvalue weighted by Gasteiger charge is 2.05. The van der Waals surface area contributed by atoms with E-state index in [2.05, 4.69) is 15.6 Å². The van der Waals surface area contributed by atoms with Crippen molar-refractivity contribution in [3.8, 4) is 0 Å². The Morgan fingerprint density at radius 2 is 2.05 bits per heavy atom. The second-order valence-electron chi connectivity index (χ2n) is 4.73. The van der Waals surface area contributed by atoms with Crippen LogP contribution in [0.3, 0.4) is 0 Å². The van der Waals surface area contributed by atoms with Crippen molar-refractivity contribution in [3.63, 3.8) is 0 Å². The molecule has 2 rings (SSSR count). The molecular formula is C15H20N4O. The van der Waals surface area contributed by atoms with E-state index in [1.54, 1.807) is 10.9 Å². The van der Waals surface area contributed by atoms with Crippen LogP contribution in [-0.2, 0) is 17.9 Å². The Balaban J connectivity index is 1.87. The summed E-state index contributed by atoms with van der Waals surface area (Å²) in [5, 5.41) is 6.07. The fourth-order valence-corrected chi connectivity index (χ4v) is 1.84. The van der Waals surface area contributed by atoms with Gasteiger partial charge in [0.15, 0.2) is 0 Å². The Kier molecular flexibility index (Phi) is 4.90. The molecule has 106 valence electrons. The second kappa shape index (κ2) is 6.86. The number of aromatic nitrogens is 2. The summed E-state index contributed by atoms with van der Waals surface area (Å²) in [5.41, 5.74) is 2.93. The summed E-state index contributed by atoms with van der Waals surface area (Å²) in [5.74, 6) is -0.0544. The molecule has 0 aliphatic heterocycles. The summed E-state index contributed by atoms with van der Waals surface area (Å²) in [7, 11) is 0. The van der Waals surface area contributed by atoms with Crippen LogP contribution in [0, 0.1) is 6.92 Å². The third-order valence-corrected chi connectivity index (χ3v) is 2.90. The van der Waals surface area contributed by atoms with E-state index < -0.39 is 0 Å². The quantitative estimate of drug-likeness (QED) is 0.845. The second-order valence-corrected chi connectivity index (χ2v) is 4.73. The number of hydrogen-bond acceptors (Lipinski definition) is 3. The number of benzene rings is 1. The number of rotatable bonds is 6. The van der Waals surface area contributed by atoms with Gasteiger partial charge in [-0.2, -0.15) is 0 Å². The maximum absolute atomic E-state index is 11.9. The average molecular weight is 272 g/mol. The molecule has 1 aromatic heterocycles. The minimum atomic E-state index is -0.0544. The molecule has 2 aromatic rings. The Labute approximate surface area is 119 Å². The maximum atomic E-state index is 11.9. The van der Waals surface area contributed by atoms with Crippen LogP contribution in [0.15, 0.2) is 36.8 Å². The van der Waals surface area contributed by atoms with Gasteiger partial charge in [0.1, 0.15) is 6.54 Å². The molecule has 5 nitrogen and oxygen atoms in total. The van der Waals surface area contributed by atoms with Gasteiger partial charge in [-0.05, 0) is 25.6 Å². The van der Waals surface area contributed by atoms with Crippen LogP contribution in [0.1, 0.15) is 18.2 Å². The van der Waals surface area contributed by atoms with Crippen molar-refractivity contribution in [1.29, 1.82) is 0 Å². The minimum absolute atomic E-state index is 0.0544. The van der Waals surface area contributed by atoms with Crippen LogP contribution in [0.2, 0.25) is 0 Å². The minimum Gasteiger partial charge on any atom is -0.328 e. The molecular weight excluding hydrogens is 252 g/mol. The zero-order valence-corrected chi connectivity index (χ0v) is 11.9. The van der Waals surface area contributed by atoms with Crippen molar-refractivity contribution in [3.05, 3.63) is 48.0 Å². The summed E-state index contributed by atoms with van der Waals surface area (Å²) < 4.78 is 1.79. The Morgan fingerprint density at radius 1 is 1.30 bits per heavy atom. The third-order valence-electron chi connectivity index (χ3n) is 2.90. The SMILES string of the molecule is CCNCc1cn(CC(=O)Nc2ccc(C)cc2)cn1. The highest BCUT2D eigenvalue weighted by molar-refractivity contribution is 5.90. The fraction of sp³-hybridized carbons (Fsp3) is 0.333. The first-order chi connectivity index (χ1) is 9.67. The Bertz CT molecular complexity index is 560. The molecule has 0 fully saturated rings. The molecule has 0 aliphatic carbocycles. The molecule has 0 atom stereocenters. The number of aryl methyl sites for hydroxylation is 1. The molecule has 0 saturated heterocycles. The molecule has 2 N–H and O–H groups in total. The monoisotopic (exact) mass is 272 g/mol. The number of anilines is 1. The molecule has 0 spiro atoms. The van der Waals surface area contributed by atoms with E-state index in [1.807, 2.05) is 44.3 Å². The van der Waals surface area contributed by atoms with Crippen molar-refractivity contribution in [1.82, 2.24) is 14.9 Å². The molecule has 5 heteroatoms. The predicted octanol–water partition coefficient (Wildman–Crippen LogP) is 1.94. The van der Waals surface area contributed by atoms with Gasteiger partial charge in [0.05, 0.1) is 12.0 Å². The highest BCUT2D eigenvalue weighted by Crippen LogP contribution is 2.08. The summed E-state index contributed by atoms with van der Waals surface area (Å²) in [4.78, 5) is 16.2. The van der Waals surface area contributed by atoms with Gasteiger partial charge in [-0.15, -0.1) is 0 Å². The van der Waals surface area contributed by atoms with Crippen molar-refractivity contribution >= 4 is 11.6 Å². The van der Waals surface area contributed by atoms with Crippen molar-refractivity contribution < 1.29 is 4.79 Å². The van der Waals surface area contributed by atoms with Crippen LogP contribution in [-0.4, -0.2) is 22.0 Å².